The third-order valence-electron chi connectivity index (χ3n) is 3.56. The van der Waals surface area contributed by atoms with Crippen LogP contribution in [0.5, 0.6) is 0 Å². The van der Waals surface area contributed by atoms with E-state index in [0.29, 0.717) is 0 Å². The molecular weight excluding hydrogens is 208 g/mol. The Morgan fingerprint density at radius 3 is 2.71 bits per heavy atom. The van der Waals surface area contributed by atoms with Gasteiger partial charge in [0, 0.05) is 18.6 Å². The first kappa shape index (κ1) is 12.6. The molecule has 0 atom stereocenters. The van der Waals surface area contributed by atoms with Crippen LogP contribution in [-0.4, -0.2) is 30.1 Å². The topological polar surface area (TPSA) is 15.3 Å². The molecule has 1 N–H and O–H groups in total. The normalized spacial score (nSPS) is 21.8. The standard InChI is InChI=1S/C15H24N2/c1-15(2)9-12-17(11-6-10-16-15)13-14-7-4-3-5-8-14/h3-5,7-8,16H,6,9-13H2,1-2H3. The summed E-state index contributed by atoms with van der Waals surface area (Å²) in [5, 5.41) is 3.62. The van der Waals surface area contributed by atoms with Gasteiger partial charge < -0.3 is 5.32 Å². The summed E-state index contributed by atoms with van der Waals surface area (Å²) in [5.41, 5.74) is 1.72. The highest BCUT2D eigenvalue weighted by Crippen LogP contribution is 2.14. The zero-order chi connectivity index (χ0) is 12.1. The van der Waals surface area contributed by atoms with Crippen LogP contribution in [0.3, 0.4) is 0 Å². The molecule has 94 valence electrons. The van der Waals surface area contributed by atoms with Crippen LogP contribution in [0, 0.1) is 0 Å². The summed E-state index contributed by atoms with van der Waals surface area (Å²) >= 11 is 0. The van der Waals surface area contributed by atoms with Crippen molar-refractivity contribution in [2.24, 2.45) is 0 Å². The first-order valence-corrected chi connectivity index (χ1v) is 6.67. The smallest absolute Gasteiger partial charge is 0.0233 e. The molecule has 0 aliphatic carbocycles. The summed E-state index contributed by atoms with van der Waals surface area (Å²) < 4.78 is 0. The lowest BCUT2D eigenvalue weighted by Crippen LogP contribution is -2.46. The zero-order valence-corrected chi connectivity index (χ0v) is 11.1. The number of nitrogens with zero attached hydrogens (tertiary/aromatic N) is 1. The molecule has 0 spiro atoms. The van der Waals surface area contributed by atoms with E-state index in [-0.39, 0.29) is 5.54 Å². The quantitative estimate of drug-likeness (QED) is 0.843. The van der Waals surface area contributed by atoms with E-state index in [2.05, 4.69) is 54.4 Å². The lowest BCUT2D eigenvalue weighted by Gasteiger charge is -2.33. The van der Waals surface area contributed by atoms with Crippen LogP contribution in [0.15, 0.2) is 30.3 Å². The molecule has 0 radical (unpaired) electrons. The number of benzene rings is 1. The van der Waals surface area contributed by atoms with Crippen LogP contribution in [-0.2, 0) is 6.54 Å². The van der Waals surface area contributed by atoms with Gasteiger partial charge in [-0.15, -0.1) is 0 Å². The fourth-order valence-electron chi connectivity index (χ4n) is 2.37. The largest absolute Gasteiger partial charge is 0.312 e. The molecular formula is C15H24N2. The number of nitrogens with one attached hydrogen (secondary N) is 1. The molecule has 0 aromatic heterocycles. The van der Waals surface area contributed by atoms with E-state index in [9.17, 15) is 0 Å². The Morgan fingerprint density at radius 2 is 1.94 bits per heavy atom. The minimum Gasteiger partial charge on any atom is -0.312 e. The van der Waals surface area contributed by atoms with Crippen molar-refractivity contribution in [2.45, 2.75) is 38.8 Å². The number of hydrogen-bond acceptors (Lipinski definition) is 2. The van der Waals surface area contributed by atoms with Crippen molar-refractivity contribution >= 4 is 0 Å². The summed E-state index contributed by atoms with van der Waals surface area (Å²) in [7, 11) is 0. The van der Waals surface area contributed by atoms with Crippen LogP contribution in [0.2, 0.25) is 0 Å². The highest BCUT2D eigenvalue weighted by atomic mass is 15.1. The monoisotopic (exact) mass is 232 g/mol. The van der Waals surface area contributed by atoms with Gasteiger partial charge in [0.25, 0.3) is 0 Å². The first-order valence-electron chi connectivity index (χ1n) is 6.67. The summed E-state index contributed by atoms with van der Waals surface area (Å²) in [6.07, 6.45) is 2.47. The van der Waals surface area contributed by atoms with E-state index in [1.54, 1.807) is 0 Å². The van der Waals surface area contributed by atoms with Gasteiger partial charge in [-0.25, -0.2) is 0 Å². The lowest BCUT2D eigenvalue weighted by molar-refractivity contribution is 0.198. The van der Waals surface area contributed by atoms with Gasteiger partial charge in [0.1, 0.15) is 0 Å². The molecule has 0 saturated carbocycles. The Balaban J connectivity index is 1.92. The van der Waals surface area contributed by atoms with Crippen molar-refractivity contribution in [1.82, 2.24) is 10.2 Å². The van der Waals surface area contributed by atoms with E-state index in [1.165, 1.54) is 31.5 Å². The van der Waals surface area contributed by atoms with Gasteiger partial charge in [-0.1, -0.05) is 30.3 Å². The van der Waals surface area contributed by atoms with Gasteiger partial charge >= 0.3 is 0 Å². The Hall–Kier alpha value is -0.860. The average molecular weight is 232 g/mol. The van der Waals surface area contributed by atoms with Gasteiger partial charge in [-0.3, -0.25) is 4.90 Å². The molecule has 1 saturated heterocycles. The number of hydrogen-bond donors (Lipinski definition) is 1. The molecule has 2 nitrogen and oxygen atoms in total. The summed E-state index contributed by atoms with van der Waals surface area (Å²) in [6, 6.07) is 10.8. The Kier molecular flexibility index (Phi) is 4.19. The molecule has 1 aliphatic heterocycles. The van der Waals surface area contributed by atoms with Crippen LogP contribution >= 0.6 is 0 Å². The minimum atomic E-state index is 0.287. The van der Waals surface area contributed by atoms with Crippen LogP contribution in [0.25, 0.3) is 0 Å². The molecule has 2 heteroatoms. The second kappa shape index (κ2) is 5.65. The Morgan fingerprint density at radius 1 is 1.18 bits per heavy atom. The second-order valence-electron chi connectivity index (χ2n) is 5.68. The second-order valence-corrected chi connectivity index (χ2v) is 5.68. The van der Waals surface area contributed by atoms with Crippen molar-refractivity contribution in [1.29, 1.82) is 0 Å². The van der Waals surface area contributed by atoms with Gasteiger partial charge in [-0.05, 0) is 45.3 Å². The molecule has 1 fully saturated rings. The maximum absolute atomic E-state index is 3.62. The van der Waals surface area contributed by atoms with Crippen LogP contribution < -0.4 is 5.32 Å². The highest BCUT2D eigenvalue weighted by Gasteiger charge is 2.20. The zero-order valence-electron chi connectivity index (χ0n) is 11.1. The molecule has 0 bridgehead atoms. The van der Waals surface area contributed by atoms with E-state index in [4.69, 9.17) is 0 Å². The van der Waals surface area contributed by atoms with Gasteiger partial charge in [0.05, 0.1) is 0 Å². The van der Waals surface area contributed by atoms with E-state index in [1.807, 2.05) is 0 Å². The van der Waals surface area contributed by atoms with E-state index in [0.717, 1.165) is 13.1 Å². The maximum Gasteiger partial charge on any atom is 0.0233 e. The lowest BCUT2D eigenvalue weighted by atomic mass is 9.98. The minimum absolute atomic E-state index is 0.287. The number of rotatable bonds is 2. The summed E-state index contributed by atoms with van der Waals surface area (Å²) in [4.78, 5) is 2.58. The highest BCUT2D eigenvalue weighted by molar-refractivity contribution is 5.14. The van der Waals surface area contributed by atoms with E-state index < -0.39 is 0 Å². The molecule has 1 aromatic carbocycles. The van der Waals surface area contributed by atoms with Crippen molar-refractivity contribution in [3.8, 4) is 0 Å². The Bertz CT molecular complexity index is 332. The first-order chi connectivity index (χ1) is 8.16. The van der Waals surface area contributed by atoms with Crippen LogP contribution in [0.1, 0.15) is 32.3 Å². The summed E-state index contributed by atoms with van der Waals surface area (Å²) in [5.74, 6) is 0. The molecule has 0 amide bonds. The third kappa shape index (κ3) is 4.14. The van der Waals surface area contributed by atoms with Gasteiger partial charge in [0.15, 0.2) is 0 Å². The fraction of sp³-hybridized carbons (Fsp3) is 0.600. The SMILES string of the molecule is CC1(C)CCN(Cc2ccccc2)CCCN1. The van der Waals surface area contributed by atoms with Crippen molar-refractivity contribution in [3.05, 3.63) is 35.9 Å². The molecule has 2 rings (SSSR count). The third-order valence-corrected chi connectivity index (χ3v) is 3.56. The van der Waals surface area contributed by atoms with Gasteiger partial charge in [-0.2, -0.15) is 0 Å². The predicted molar refractivity (Wildman–Crippen MR) is 73.0 cm³/mol. The van der Waals surface area contributed by atoms with Crippen molar-refractivity contribution < 1.29 is 0 Å². The van der Waals surface area contributed by atoms with Crippen molar-refractivity contribution in [3.63, 3.8) is 0 Å². The molecule has 0 unspecified atom stereocenters. The van der Waals surface area contributed by atoms with Crippen LogP contribution in [0.4, 0.5) is 0 Å². The molecule has 1 heterocycles. The maximum atomic E-state index is 3.62. The Labute approximate surface area is 105 Å². The molecule has 17 heavy (non-hydrogen) atoms. The summed E-state index contributed by atoms with van der Waals surface area (Å²) in [6.45, 7) is 9.24. The van der Waals surface area contributed by atoms with Crippen molar-refractivity contribution in [2.75, 3.05) is 19.6 Å². The predicted octanol–water partition coefficient (Wildman–Crippen LogP) is 2.65. The molecule has 1 aliphatic rings. The fourth-order valence-corrected chi connectivity index (χ4v) is 2.37. The van der Waals surface area contributed by atoms with E-state index >= 15 is 0 Å². The van der Waals surface area contributed by atoms with Gasteiger partial charge in [0.2, 0.25) is 0 Å². The average Bonchev–Trinajstić information content (AvgIpc) is 2.31. The molecule has 1 aromatic rings.